The molecule has 1 N–H and O–H groups in total. The van der Waals surface area contributed by atoms with Crippen LogP contribution in [0.2, 0.25) is 0 Å². The first-order valence-corrected chi connectivity index (χ1v) is 7.15. The van der Waals surface area contributed by atoms with Crippen LogP contribution in [0.1, 0.15) is 37.4 Å². The van der Waals surface area contributed by atoms with Gasteiger partial charge in [-0.3, -0.25) is 0 Å². The molecule has 0 unspecified atom stereocenters. The van der Waals surface area contributed by atoms with Crippen LogP contribution in [-0.2, 0) is 0 Å². The van der Waals surface area contributed by atoms with Gasteiger partial charge in [-0.25, -0.2) is 0 Å². The standard InChI is InChI=1S/C17H19N3O2/c1-4-12(2)19-17-15(11-18)20-16(22-17)9-8-13-6-5-7-14(10-13)21-3/h5-10,12,19H,4H2,1-3H3/b9-8+/t12-/m1/s1. The summed E-state index contributed by atoms with van der Waals surface area (Å²) in [6.07, 6.45) is 4.53. The van der Waals surface area contributed by atoms with E-state index in [9.17, 15) is 0 Å². The third-order valence-electron chi connectivity index (χ3n) is 3.25. The van der Waals surface area contributed by atoms with Gasteiger partial charge in [-0.2, -0.15) is 10.2 Å². The van der Waals surface area contributed by atoms with E-state index in [1.807, 2.05) is 43.3 Å². The summed E-state index contributed by atoms with van der Waals surface area (Å²) in [5, 5.41) is 12.3. The normalized spacial score (nSPS) is 12.1. The number of rotatable bonds is 6. The number of nitrogens with one attached hydrogen (secondary N) is 1. The van der Waals surface area contributed by atoms with E-state index in [0.29, 0.717) is 11.8 Å². The molecule has 0 amide bonds. The highest BCUT2D eigenvalue weighted by atomic mass is 16.5. The molecule has 0 aliphatic rings. The molecule has 0 spiro atoms. The molecule has 5 nitrogen and oxygen atoms in total. The molecule has 22 heavy (non-hydrogen) atoms. The zero-order chi connectivity index (χ0) is 15.9. The Labute approximate surface area is 130 Å². The van der Waals surface area contributed by atoms with Gasteiger partial charge in [0, 0.05) is 12.1 Å². The van der Waals surface area contributed by atoms with Crippen LogP contribution in [0.5, 0.6) is 5.75 Å². The fraction of sp³-hybridized carbons (Fsp3) is 0.294. The first kappa shape index (κ1) is 15.6. The highest BCUT2D eigenvalue weighted by Gasteiger charge is 2.12. The summed E-state index contributed by atoms with van der Waals surface area (Å²) < 4.78 is 10.8. The predicted octanol–water partition coefficient (Wildman–Crippen LogP) is 3.94. The Morgan fingerprint density at radius 1 is 1.45 bits per heavy atom. The van der Waals surface area contributed by atoms with Crippen molar-refractivity contribution < 1.29 is 9.15 Å². The molecule has 2 aromatic rings. The Hall–Kier alpha value is -2.74. The van der Waals surface area contributed by atoms with Crippen LogP contribution >= 0.6 is 0 Å². The monoisotopic (exact) mass is 297 g/mol. The minimum atomic E-state index is 0.218. The number of hydrogen-bond donors (Lipinski definition) is 1. The number of ether oxygens (including phenoxy) is 1. The molecule has 1 aromatic heterocycles. The third-order valence-corrected chi connectivity index (χ3v) is 3.25. The Morgan fingerprint density at radius 3 is 2.95 bits per heavy atom. The molecule has 1 heterocycles. The molecule has 0 saturated carbocycles. The molecule has 0 aliphatic heterocycles. The molecule has 5 heteroatoms. The number of nitriles is 1. The van der Waals surface area contributed by atoms with Gasteiger partial charge in [0.2, 0.25) is 17.5 Å². The number of methoxy groups -OCH3 is 1. The summed E-state index contributed by atoms with van der Waals surface area (Å²) in [6.45, 7) is 4.08. The molecule has 0 fully saturated rings. The second-order valence-corrected chi connectivity index (χ2v) is 4.91. The summed E-state index contributed by atoms with van der Waals surface area (Å²) in [7, 11) is 1.63. The maximum Gasteiger partial charge on any atom is 0.232 e. The van der Waals surface area contributed by atoms with E-state index in [4.69, 9.17) is 14.4 Å². The molecule has 0 saturated heterocycles. The largest absolute Gasteiger partial charge is 0.497 e. The maximum absolute atomic E-state index is 9.12. The minimum Gasteiger partial charge on any atom is -0.497 e. The zero-order valence-corrected chi connectivity index (χ0v) is 13.0. The lowest BCUT2D eigenvalue weighted by atomic mass is 10.2. The topological polar surface area (TPSA) is 71.1 Å². The summed E-state index contributed by atoms with van der Waals surface area (Å²) in [4.78, 5) is 4.17. The van der Waals surface area contributed by atoms with E-state index in [1.54, 1.807) is 13.2 Å². The van der Waals surface area contributed by atoms with E-state index in [1.165, 1.54) is 0 Å². The van der Waals surface area contributed by atoms with Crippen molar-refractivity contribution in [1.82, 2.24) is 4.98 Å². The Balaban J connectivity index is 2.19. The van der Waals surface area contributed by atoms with Crippen LogP contribution in [0.25, 0.3) is 12.2 Å². The van der Waals surface area contributed by atoms with Crippen LogP contribution in [-0.4, -0.2) is 18.1 Å². The Morgan fingerprint density at radius 2 is 2.27 bits per heavy atom. The molecule has 2 rings (SSSR count). The number of oxazole rings is 1. The first-order valence-electron chi connectivity index (χ1n) is 7.15. The molecular weight excluding hydrogens is 278 g/mol. The highest BCUT2D eigenvalue weighted by Crippen LogP contribution is 2.20. The fourth-order valence-corrected chi connectivity index (χ4v) is 1.82. The summed E-state index contributed by atoms with van der Waals surface area (Å²) in [5.41, 5.74) is 1.23. The minimum absolute atomic E-state index is 0.218. The lowest BCUT2D eigenvalue weighted by molar-refractivity contribution is 0.414. The van der Waals surface area contributed by atoms with Gasteiger partial charge in [0.25, 0.3) is 0 Å². The summed E-state index contributed by atoms with van der Waals surface area (Å²) in [5.74, 6) is 1.60. The van der Waals surface area contributed by atoms with E-state index in [-0.39, 0.29) is 11.7 Å². The van der Waals surface area contributed by atoms with Gasteiger partial charge in [0.15, 0.2) is 0 Å². The van der Waals surface area contributed by atoms with Crippen LogP contribution < -0.4 is 10.1 Å². The van der Waals surface area contributed by atoms with Crippen molar-refractivity contribution in [3.63, 3.8) is 0 Å². The van der Waals surface area contributed by atoms with Gasteiger partial charge in [-0.05, 0) is 37.1 Å². The summed E-state index contributed by atoms with van der Waals surface area (Å²) >= 11 is 0. The van der Waals surface area contributed by atoms with Crippen LogP contribution in [0.4, 0.5) is 5.88 Å². The molecule has 114 valence electrons. The van der Waals surface area contributed by atoms with Gasteiger partial charge >= 0.3 is 0 Å². The molecule has 1 aromatic carbocycles. The van der Waals surface area contributed by atoms with Crippen LogP contribution in [0.3, 0.4) is 0 Å². The number of anilines is 1. The molecule has 0 radical (unpaired) electrons. The number of hydrogen-bond acceptors (Lipinski definition) is 5. The number of benzene rings is 1. The fourth-order valence-electron chi connectivity index (χ4n) is 1.82. The van der Waals surface area contributed by atoms with Gasteiger partial charge < -0.3 is 14.5 Å². The van der Waals surface area contributed by atoms with Crippen LogP contribution in [0, 0.1) is 11.3 Å². The third kappa shape index (κ3) is 3.89. The SMILES string of the molecule is CC[C@@H](C)Nc1oc(/C=C/c2cccc(OC)c2)nc1C#N. The second-order valence-electron chi connectivity index (χ2n) is 4.91. The van der Waals surface area contributed by atoms with E-state index in [2.05, 4.69) is 17.2 Å². The molecular formula is C17H19N3O2. The van der Waals surface area contributed by atoms with Gasteiger partial charge in [0.1, 0.15) is 11.8 Å². The van der Waals surface area contributed by atoms with Crippen molar-refractivity contribution in [2.24, 2.45) is 0 Å². The average Bonchev–Trinajstić information content (AvgIpc) is 2.94. The van der Waals surface area contributed by atoms with Gasteiger partial charge in [0.05, 0.1) is 7.11 Å². The van der Waals surface area contributed by atoms with Crippen molar-refractivity contribution in [3.05, 3.63) is 41.4 Å². The maximum atomic E-state index is 9.12. The smallest absolute Gasteiger partial charge is 0.232 e. The quantitative estimate of drug-likeness (QED) is 0.874. The first-order chi connectivity index (χ1) is 10.7. The van der Waals surface area contributed by atoms with E-state index >= 15 is 0 Å². The van der Waals surface area contributed by atoms with Crippen molar-refractivity contribution in [2.75, 3.05) is 12.4 Å². The lowest BCUT2D eigenvalue weighted by Crippen LogP contribution is -2.13. The number of nitrogens with zero attached hydrogens (tertiary/aromatic N) is 2. The van der Waals surface area contributed by atoms with Crippen molar-refractivity contribution in [2.45, 2.75) is 26.3 Å². The van der Waals surface area contributed by atoms with E-state index in [0.717, 1.165) is 17.7 Å². The van der Waals surface area contributed by atoms with Gasteiger partial charge in [-0.1, -0.05) is 19.1 Å². The van der Waals surface area contributed by atoms with Gasteiger partial charge in [-0.15, -0.1) is 0 Å². The Kier molecular flexibility index (Phi) is 5.21. The van der Waals surface area contributed by atoms with Crippen LogP contribution in [0.15, 0.2) is 28.7 Å². The summed E-state index contributed by atoms with van der Waals surface area (Å²) in [6, 6.07) is 9.90. The highest BCUT2D eigenvalue weighted by molar-refractivity contribution is 5.67. The van der Waals surface area contributed by atoms with Crippen molar-refractivity contribution in [1.29, 1.82) is 5.26 Å². The molecule has 0 bridgehead atoms. The Bertz CT molecular complexity index is 698. The van der Waals surface area contributed by atoms with E-state index < -0.39 is 0 Å². The lowest BCUT2D eigenvalue weighted by Gasteiger charge is -2.08. The van der Waals surface area contributed by atoms with Crippen molar-refractivity contribution in [3.8, 4) is 11.8 Å². The van der Waals surface area contributed by atoms with Crippen molar-refractivity contribution >= 4 is 18.0 Å². The average molecular weight is 297 g/mol. The second kappa shape index (κ2) is 7.32. The predicted molar refractivity (Wildman–Crippen MR) is 86.5 cm³/mol. The molecule has 0 aliphatic carbocycles. The molecule has 1 atom stereocenters. The zero-order valence-electron chi connectivity index (χ0n) is 13.0. The number of aromatic nitrogens is 1.